The maximum atomic E-state index is 12.0. The SMILES string of the molecule is O=C(O)c1ccc(C(=O)Nc2ccccc2I)cc1. The van der Waals surface area contributed by atoms with E-state index in [1.54, 1.807) is 0 Å². The summed E-state index contributed by atoms with van der Waals surface area (Å²) >= 11 is 2.13. The van der Waals surface area contributed by atoms with Crippen molar-refractivity contribution >= 4 is 40.2 Å². The van der Waals surface area contributed by atoms with Crippen LogP contribution >= 0.6 is 22.6 Å². The number of hydrogen-bond acceptors (Lipinski definition) is 2. The Kier molecular flexibility index (Phi) is 4.16. The molecule has 2 aromatic rings. The molecule has 5 heteroatoms. The molecular formula is C14H10INO3. The Morgan fingerprint density at radius 3 is 2.11 bits per heavy atom. The highest BCUT2D eigenvalue weighted by Crippen LogP contribution is 2.18. The second-order valence-corrected chi connectivity index (χ2v) is 4.98. The molecular weight excluding hydrogens is 357 g/mol. The first-order chi connectivity index (χ1) is 9.08. The number of nitrogens with one attached hydrogen (secondary N) is 1. The highest BCUT2D eigenvalue weighted by Gasteiger charge is 2.09. The molecule has 0 spiro atoms. The summed E-state index contributed by atoms with van der Waals surface area (Å²) in [7, 11) is 0. The molecule has 0 aromatic heterocycles. The third-order valence-corrected chi connectivity index (χ3v) is 3.46. The summed E-state index contributed by atoms with van der Waals surface area (Å²) in [5.41, 5.74) is 1.31. The Morgan fingerprint density at radius 1 is 0.947 bits per heavy atom. The second-order valence-electron chi connectivity index (χ2n) is 3.82. The third kappa shape index (κ3) is 3.31. The molecule has 96 valence electrons. The monoisotopic (exact) mass is 367 g/mol. The molecule has 0 aliphatic carbocycles. The fourth-order valence-electron chi connectivity index (χ4n) is 1.52. The number of rotatable bonds is 3. The van der Waals surface area contributed by atoms with Gasteiger partial charge in [0.25, 0.3) is 5.91 Å². The molecule has 2 N–H and O–H groups in total. The number of carboxylic acids is 1. The number of carboxylic acid groups (broad SMARTS) is 1. The minimum atomic E-state index is -1.01. The topological polar surface area (TPSA) is 66.4 Å². The molecule has 0 unspecified atom stereocenters. The minimum absolute atomic E-state index is 0.158. The quantitative estimate of drug-likeness (QED) is 0.819. The first-order valence-corrected chi connectivity index (χ1v) is 6.55. The van der Waals surface area contributed by atoms with Gasteiger partial charge in [-0.25, -0.2) is 4.79 Å². The van der Waals surface area contributed by atoms with Gasteiger partial charge in [-0.3, -0.25) is 4.79 Å². The smallest absolute Gasteiger partial charge is 0.335 e. The lowest BCUT2D eigenvalue weighted by Crippen LogP contribution is -2.13. The van der Waals surface area contributed by atoms with Crippen LogP contribution < -0.4 is 5.32 Å². The fourth-order valence-corrected chi connectivity index (χ4v) is 2.04. The Hall–Kier alpha value is -1.89. The standard InChI is InChI=1S/C14H10INO3/c15-11-3-1-2-4-12(11)16-13(17)9-5-7-10(8-6-9)14(18)19/h1-8H,(H,16,17)(H,18,19). The summed E-state index contributed by atoms with van der Waals surface area (Å²) in [6, 6.07) is 13.2. The van der Waals surface area contributed by atoms with Crippen molar-refractivity contribution in [3.8, 4) is 0 Å². The van der Waals surface area contributed by atoms with Gasteiger partial charge in [0.1, 0.15) is 0 Å². The Balaban J connectivity index is 2.16. The number of benzene rings is 2. The molecule has 0 aliphatic heterocycles. The number of halogens is 1. The molecule has 1 amide bonds. The molecule has 0 radical (unpaired) electrons. The van der Waals surface area contributed by atoms with Crippen molar-refractivity contribution in [2.45, 2.75) is 0 Å². The summed E-state index contributed by atoms with van der Waals surface area (Å²) in [5.74, 6) is -1.27. The van der Waals surface area contributed by atoms with Crippen molar-refractivity contribution in [3.05, 3.63) is 63.2 Å². The van der Waals surface area contributed by atoms with Crippen LogP contribution in [0.2, 0.25) is 0 Å². The van der Waals surface area contributed by atoms with Crippen LogP contribution in [0.25, 0.3) is 0 Å². The molecule has 0 bridgehead atoms. The van der Waals surface area contributed by atoms with E-state index in [1.807, 2.05) is 24.3 Å². The van der Waals surface area contributed by atoms with Crippen LogP contribution in [0.1, 0.15) is 20.7 Å². The van der Waals surface area contributed by atoms with Crippen molar-refractivity contribution in [2.75, 3.05) is 5.32 Å². The summed E-state index contributed by atoms with van der Waals surface area (Å²) in [4.78, 5) is 22.7. The first-order valence-electron chi connectivity index (χ1n) is 5.47. The van der Waals surface area contributed by atoms with Crippen LogP contribution in [0.3, 0.4) is 0 Å². The maximum absolute atomic E-state index is 12.0. The average Bonchev–Trinajstić information content (AvgIpc) is 2.41. The van der Waals surface area contributed by atoms with Gasteiger partial charge in [-0.15, -0.1) is 0 Å². The van der Waals surface area contributed by atoms with E-state index in [9.17, 15) is 9.59 Å². The summed E-state index contributed by atoms with van der Waals surface area (Å²) in [5, 5.41) is 11.6. The predicted octanol–water partition coefficient (Wildman–Crippen LogP) is 3.24. The zero-order chi connectivity index (χ0) is 13.8. The first kappa shape index (κ1) is 13.5. The molecule has 0 fully saturated rings. The third-order valence-electron chi connectivity index (χ3n) is 2.52. The zero-order valence-corrected chi connectivity index (χ0v) is 11.9. The van der Waals surface area contributed by atoms with Crippen LogP contribution in [0.5, 0.6) is 0 Å². The number of carbonyl (C=O) groups is 2. The molecule has 0 heterocycles. The lowest BCUT2D eigenvalue weighted by molar-refractivity contribution is 0.0696. The van der Waals surface area contributed by atoms with E-state index < -0.39 is 5.97 Å². The van der Waals surface area contributed by atoms with E-state index in [0.717, 1.165) is 9.26 Å². The van der Waals surface area contributed by atoms with Gasteiger partial charge in [0.2, 0.25) is 0 Å². The Bertz CT molecular complexity index is 623. The van der Waals surface area contributed by atoms with Gasteiger partial charge in [0.05, 0.1) is 11.3 Å². The number of para-hydroxylation sites is 1. The van der Waals surface area contributed by atoms with E-state index >= 15 is 0 Å². The minimum Gasteiger partial charge on any atom is -0.478 e. The molecule has 0 saturated heterocycles. The van der Waals surface area contributed by atoms with Crippen molar-refractivity contribution in [3.63, 3.8) is 0 Å². The summed E-state index contributed by atoms with van der Waals surface area (Å²) < 4.78 is 0.940. The lowest BCUT2D eigenvalue weighted by atomic mass is 10.1. The molecule has 4 nitrogen and oxygen atoms in total. The molecule has 0 atom stereocenters. The van der Waals surface area contributed by atoms with Gasteiger partial charge in [-0.05, 0) is 59.0 Å². The van der Waals surface area contributed by atoms with E-state index in [2.05, 4.69) is 27.9 Å². The van der Waals surface area contributed by atoms with E-state index in [0.29, 0.717) is 5.56 Å². The summed E-state index contributed by atoms with van der Waals surface area (Å²) in [6.07, 6.45) is 0. The number of hydrogen-bond donors (Lipinski definition) is 2. The van der Waals surface area contributed by atoms with Gasteiger partial charge in [-0.1, -0.05) is 12.1 Å². The normalized spacial score (nSPS) is 9.95. The van der Waals surface area contributed by atoms with Crippen LogP contribution in [0.4, 0.5) is 5.69 Å². The highest BCUT2D eigenvalue weighted by molar-refractivity contribution is 14.1. The van der Waals surface area contributed by atoms with E-state index in [1.165, 1.54) is 24.3 Å². The van der Waals surface area contributed by atoms with Crippen LogP contribution in [-0.4, -0.2) is 17.0 Å². The van der Waals surface area contributed by atoms with Crippen molar-refractivity contribution < 1.29 is 14.7 Å². The summed E-state index contributed by atoms with van der Waals surface area (Å²) in [6.45, 7) is 0. The average molecular weight is 367 g/mol. The van der Waals surface area contributed by atoms with Crippen molar-refractivity contribution in [2.24, 2.45) is 0 Å². The van der Waals surface area contributed by atoms with Crippen LogP contribution in [0.15, 0.2) is 48.5 Å². The van der Waals surface area contributed by atoms with Crippen molar-refractivity contribution in [1.29, 1.82) is 0 Å². The van der Waals surface area contributed by atoms with Crippen LogP contribution in [-0.2, 0) is 0 Å². The lowest BCUT2D eigenvalue weighted by Gasteiger charge is -2.07. The largest absolute Gasteiger partial charge is 0.478 e. The predicted molar refractivity (Wildman–Crippen MR) is 80.5 cm³/mol. The van der Waals surface area contributed by atoms with Gasteiger partial charge < -0.3 is 10.4 Å². The van der Waals surface area contributed by atoms with E-state index in [-0.39, 0.29) is 11.5 Å². The number of anilines is 1. The highest BCUT2D eigenvalue weighted by atomic mass is 127. The van der Waals surface area contributed by atoms with Crippen LogP contribution in [0, 0.1) is 3.57 Å². The molecule has 0 saturated carbocycles. The molecule has 2 rings (SSSR count). The molecule has 19 heavy (non-hydrogen) atoms. The molecule has 2 aromatic carbocycles. The maximum Gasteiger partial charge on any atom is 0.335 e. The second kappa shape index (κ2) is 5.83. The number of carbonyl (C=O) groups excluding carboxylic acids is 1. The fraction of sp³-hybridized carbons (Fsp3) is 0. The van der Waals surface area contributed by atoms with Gasteiger partial charge in [0.15, 0.2) is 0 Å². The Labute approximate surface area is 123 Å². The zero-order valence-electron chi connectivity index (χ0n) is 9.76. The van der Waals surface area contributed by atoms with Gasteiger partial charge in [-0.2, -0.15) is 0 Å². The number of amides is 1. The van der Waals surface area contributed by atoms with E-state index in [4.69, 9.17) is 5.11 Å². The van der Waals surface area contributed by atoms with Crippen molar-refractivity contribution in [1.82, 2.24) is 0 Å². The number of aromatic carboxylic acids is 1. The Morgan fingerprint density at radius 2 is 1.53 bits per heavy atom. The van der Waals surface area contributed by atoms with Gasteiger partial charge in [0, 0.05) is 9.13 Å². The molecule has 0 aliphatic rings. The van der Waals surface area contributed by atoms with Gasteiger partial charge >= 0.3 is 5.97 Å².